The number of nitrogens with zero attached hydrogens (tertiary/aromatic N) is 2. The summed E-state index contributed by atoms with van der Waals surface area (Å²) in [6.45, 7) is 1.89. The number of nitrogens with two attached hydrogens (primary N) is 1. The van der Waals surface area contributed by atoms with Crippen molar-refractivity contribution in [3.63, 3.8) is 0 Å². The Morgan fingerprint density at radius 3 is 2.82 bits per heavy atom. The number of benzene rings is 1. The van der Waals surface area contributed by atoms with Crippen molar-refractivity contribution in [2.75, 3.05) is 11.1 Å². The molecule has 0 aliphatic carbocycles. The SMILES string of the molecule is Cc1cccc(N)c1NC(=O)c1cn(C)cn1. The van der Waals surface area contributed by atoms with Crippen LogP contribution in [0, 0.1) is 6.92 Å². The van der Waals surface area contributed by atoms with E-state index in [1.54, 1.807) is 23.2 Å². The smallest absolute Gasteiger partial charge is 0.275 e. The number of rotatable bonds is 2. The highest BCUT2D eigenvalue weighted by molar-refractivity contribution is 6.04. The van der Waals surface area contributed by atoms with Crippen molar-refractivity contribution in [2.24, 2.45) is 7.05 Å². The Morgan fingerprint density at radius 1 is 1.47 bits per heavy atom. The molecule has 1 aromatic carbocycles. The van der Waals surface area contributed by atoms with Crippen LogP contribution in [-0.4, -0.2) is 15.5 Å². The second-order valence-corrected chi connectivity index (χ2v) is 3.92. The molecule has 1 amide bonds. The number of hydrogen-bond acceptors (Lipinski definition) is 3. The predicted octanol–water partition coefficient (Wildman–Crippen LogP) is 1.56. The number of aromatic nitrogens is 2. The molecule has 3 N–H and O–H groups in total. The molecule has 1 heterocycles. The molecule has 1 aromatic heterocycles. The number of carbonyl (C=O) groups is 1. The van der Waals surface area contributed by atoms with E-state index >= 15 is 0 Å². The third-order valence-electron chi connectivity index (χ3n) is 2.48. The Bertz CT molecular complexity index is 539. The molecule has 2 aromatic rings. The lowest BCUT2D eigenvalue weighted by atomic mass is 10.1. The Kier molecular flexibility index (Phi) is 2.82. The van der Waals surface area contributed by atoms with Crippen LogP contribution >= 0.6 is 0 Å². The predicted molar refractivity (Wildman–Crippen MR) is 66.8 cm³/mol. The molecule has 0 atom stereocenters. The molecular weight excluding hydrogens is 216 g/mol. The Hall–Kier alpha value is -2.30. The van der Waals surface area contributed by atoms with Gasteiger partial charge in [0.05, 0.1) is 17.7 Å². The number of nitrogens with one attached hydrogen (secondary N) is 1. The summed E-state index contributed by atoms with van der Waals surface area (Å²) in [7, 11) is 1.81. The van der Waals surface area contributed by atoms with Gasteiger partial charge in [-0.1, -0.05) is 12.1 Å². The first-order valence-corrected chi connectivity index (χ1v) is 5.22. The van der Waals surface area contributed by atoms with Crippen LogP contribution in [0.15, 0.2) is 30.7 Å². The topological polar surface area (TPSA) is 72.9 Å². The highest BCUT2D eigenvalue weighted by Crippen LogP contribution is 2.22. The summed E-state index contributed by atoms with van der Waals surface area (Å²) in [6.07, 6.45) is 3.24. The number of amides is 1. The van der Waals surface area contributed by atoms with E-state index in [2.05, 4.69) is 10.3 Å². The van der Waals surface area contributed by atoms with Crippen LogP contribution in [0.4, 0.5) is 11.4 Å². The minimum Gasteiger partial charge on any atom is -0.397 e. The van der Waals surface area contributed by atoms with Gasteiger partial charge in [-0.3, -0.25) is 4.79 Å². The quantitative estimate of drug-likeness (QED) is 0.769. The van der Waals surface area contributed by atoms with Gasteiger partial charge in [-0.2, -0.15) is 0 Å². The maximum Gasteiger partial charge on any atom is 0.275 e. The number of hydrogen-bond donors (Lipinski definition) is 2. The first-order chi connectivity index (χ1) is 8.08. The van der Waals surface area contributed by atoms with Gasteiger partial charge >= 0.3 is 0 Å². The Morgan fingerprint density at radius 2 is 2.24 bits per heavy atom. The minimum absolute atomic E-state index is 0.258. The zero-order valence-corrected chi connectivity index (χ0v) is 9.77. The molecule has 0 aliphatic rings. The Labute approximate surface area is 99.3 Å². The first-order valence-electron chi connectivity index (χ1n) is 5.22. The lowest BCUT2D eigenvalue weighted by Crippen LogP contribution is -2.14. The van der Waals surface area contributed by atoms with Gasteiger partial charge in [0.1, 0.15) is 5.69 Å². The molecular formula is C12H14N4O. The van der Waals surface area contributed by atoms with Crippen LogP contribution in [0.2, 0.25) is 0 Å². The summed E-state index contributed by atoms with van der Waals surface area (Å²) in [5, 5.41) is 2.77. The van der Waals surface area contributed by atoms with E-state index in [4.69, 9.17) is 5.73 Å². The van der Waals surface area contributed by atoms with E-state index in [0.29, 0.717) is 17.1 Å². The molecule has 0 unspecified atom stereocenters. The second kappa shape index (κ2) is 4.29. The molecule has 0 fully saturated rings. The van der Waals surface area contributed by atoms with Crippen molar-refractivity contribution < 1.29 is 4.79 Å². The molecule has 0 bridgehead atoms. The van der Waals surface area contributed by atoms with Crippen LogP contribution in [0.1, 0.15) is 16.1 Å². The number of nitrogen functional groups attached to an aromatic ring is 1. The summed E-state index contributed by atoms with van der Waals surface area (Å²) in [4.78, 5) is 15.9. The fraction of sp³-hybridized carbons (Fsp3) is 0.167. The second-order valence-electron chi connectivity index (χ2n) is 3.92. The van der Waals surface area contributed by atoms with Gasteiger partial charge in [-0.15, -0.1) is 0 Å². The van der Waals surface area contributed by atoms with Crippen molar-refractivity contribution in [3.05, 3.63) is 42.0 Å². The summed E-state index contributed by atoms with van der Waals surface area (Å²) < 4.78 is 1.72. The zero-order valence-electron chi connectivity index (χ0n) is 9.77. The van der Waals surface area contributed by atoms with Crippen molar-refractivity contribution in [1.82, 2.24) is 9.55 Å². The third-order valence-corrected chi connectivity index (χ3v) is 2.48. The molecule has 2 rings (SSSR count). The molecule has 0 saturated heterocycles. The molecule has 0 saturated carbocycles. The van der Waals surface area contributed by atoms with E-state index < -0.39 is 0 Å². The van der Waals surface area contributed by atoms with Crippen LogP contribution in [0.25, 0.3) is 0 Å². The van der Waals surface area contributed by atoms with Crippen molar-refractivity contribution in [1.29, 1.82) is 0 Å². The standard InChI is InChI=1S/C12H14N4O/c1-8-4-3-5-9(13)11(8)15-12(17)10-6-16(2)7-14-10/h3-7H,13H2,1-2H3,(H,15,17). The van der Waals surface area contributed by atoms with Gasteiger partial charge in [-0.25, -0.2) is 4.98 Å². The number of imidazole rings is 1. The summed E-state index contributed by atoms with van der Waals surface area (Å²) >= 11 is 0. The van der Waals surface area contributed by atoms with E-state index in [9.17, 15) is 4.79 Å². The molecule has 5 heteroatoms. The van der Waals surface area contributed by atoms with Crippen LogP contribution < -0.4 is 11.1 Å². The zero-order chi connectivity index (χ0) is 12.4. The van der Waals surface area contributed by atoms with Crippen LogP contribution in [0.5, 0.6) is 0 Å². The highest BCUT2D eigenvalue weighted by atomic mass is 16.1. The van der Waals surface area contributed by atoms with E-state index in [-0.39, 0.29) is 5.91 Å². The number of anilines is 2. The average molecular weight is 230 g/mol. The van der Waals surface area contributed by atoms with Crippen molar-refractivity contribution in [2.45, 2.75) is 6.92 Å². The largest absolute Gasteiger partial charge is 0.397 e. The lowest BCUT2D eigenvalue weighted by molar-refractivity contribution is 0.102. The summed E-state index contributed by atoms with van der Waals surface area (Å²) in [6, 6.07) is 5.49. The normalized spacial score (nSPS) is 10.2. The number of carbonyl (C=O) groups excluding carboxylic acids is 1. The van der Waals surface area contributed by atoms with Crippen LogP contribution in [0.3, 0.4) is 0 Å². The molecule has 0 spiro atoms. The average Bonchev–Trinajstić information content (AvgIpc) is 2.70. The van der Waals surface area contributed by atoms with E-state index in [1.807, 2.05) is 26.1 Å². The van der Waals surface area contributed by atoms with Gasteiger partial charge in [0.2, 0.25) is 0 Å². The number of para-hydroxylation sites is 1. The first kappa shape index (κ1) is 11.2. The molecule has 17 heavy (non-hydrogen) atoms. The van der Waals surface area contributed by atoms with Gasteiger partial charge in [-0.05, 0) is 18.6 Å². The highest BCUT2D eigenvalue weighted by Gasteiger charge is 2.11. The van der Waals surface area contributed by atoms with Gasteiger partial charge in [0, 0.05) is 13.2 Å². The Balaban J connectivity index is 2.24. The summed E-state index contributed by atoms with van der Waals surface area (Å²) in [5.74, 6) is -0.258. The van der Waals surface area contributed by atoms with Crippen molar-refractivity contribution >= 4 is 17.3 Å². The summed E-state index contributed by atoms with van der Waals surface area (Å²) in [5.41, 5.74) is 8.30. The fourth-order valence-electron chi connectivity index (χ4n) is 1.57. The minimum atomic E-state index is -0.258. The van der Waals surface area contributed by atoms with Gasteiger partial charge in [0.15, 0.2) is 0 Å². The molecule has 0 aliphatic heterocycles. The van der Waals surface area contributed by atoms with Crippen molar-refractivity contribution in [3.8, 4) is 0 Å². The lowest BCUT2D eigenvalue weighted by Gasteiger charge is -2.09. The number of aryl methyl sites for hydroxylation is 2. The van der Waals surface area contributed by atoms with Gasteiger partial charge < -0.3 is 15.6 Å². The molecule has 0 radical (unpaired) electrons. The van der Waals surface area contributed by atoms with E-state index in [1.165, 1.54) is 0 Å². The maximum absolute atomic E-state index is 11.9. The van der Waals surface area contributed by atoms with Gasteiger partial charge in [0.25, 0.3) is 5.91 Å². The van der Waals surface area contributed by atoms with E-state index in [0.717, 1.165) is 5.56 Å². The maximum atomic E-state index is 11.9. The fourth-order valence-corrected chi connectivity index (χ4v) is 1.57. The molecule has 5 nitrogen and oxygen atoms in total. The third kappa shape index (κ3) is 2.28. The van der Waals surface area contributed by atoms with Crippen LogP contribution in [-0.2, 0) is 7.05 Å². The monoisotopic (exact) mass is 230 g/mol. The molecule has 88 valence electrons.